The third kappa shape index (κ3) is 2.90. The number of primary amides is 1. The number of hydrogen-bond donors (Lipinski definition) is 5. The summed E-state index contributed by atoms with van der Waals surface area (Å²) < 4.78 is 0. The molecule has 0 unspecified atom stereocenters. The Bertz CT molecular complexity index is 1310. The van der Waals surface area contributed by atoms with E-state index in [-0.39, 0.29) is 35.1 Å². The maximum atomic E-state index is 14.0. The fraction of sp³-hybridized carbons (Fsp3) is 0.417. The van der Waals surface area contributed by atoms with Gasteiger partial charge in [0.2, 0.25) is 5.78 Å². The second-order valence-corrected chi connectivity index (χ2v) is 10.5. The van der Waals surface area contributed by atoms with Crippen molar-refractivity contribution >= 4 is 40.1 Å². The zero-order valence-electron chi connectivity index (χ0n) is 19.5. The van der Waals surface area contributed by atoms with E-state index < -0.39 is 68.0 Å². The Balaban J connectivity index is 2.11. The minimum Gasteiger partial charge on any atom is -0.508 e. The molecule has 35 heavy (non-hydrogen) atoms. The number of phenolic OH excluding ortho intramolecular Hbond substituents is 1. The largest absolute Gasteiger partial charge is 0.508 e. The number of rotatable bonds is 3. The Kier molecular flexibility index (Phi) is 5.26. The van der Waals surface area contributed by atoms with Crippen LogP contribution in [0.1, 0.15) is 41.8 Å². The molecule has 0 heterocycles. The highest BCUT2D eigenvalue weighted by Gasteiger charge is 2.72. The zero-order valence-corrected chi connectivity index (χ0v) is 20.2. The molecule has 3 aliphatic carbocycles. The number of nitrogens with two attached hydrogens (primary N) is 1. The number of aliphatic hydroxyl groups excluding tert-OH is 2. The van der Waals surface area contributed by atoms with Crippen molar-refractivity contribution in [3.63, 3.8) is 0 Å². The molecule has 0 radical (unpaired) electrons. The number of likely N-dealkylation sites (N-methyl/N-ethyl adjacent to an activating group) is 1. The quantitative estimate of drug-likeness (QED) is 0.298. The highest BCUT2D eigenvalue weighted by molar-refractivity contribution is 6.68. The fourth-order valence-corrected chi connectivity index (χ4v) is 6.68. The normalized spacial score (nSPS) is 32.4. The van der Waals surface area contributed by atoms with Gasteiger partial charge in [-0.15, -0.1) is 0 Å². The monoisotopic (exact) mass is 504 g/mol. The predicted octanol–water partition coefficient (Wildman–Crippen LogP) is 1.12. The number of ketones is 2. The summed E-state index contributed by atoms with van der Waals surface area (Å²) in [6.07, 6.45) is -0.194. The summed E-state index contributed by atoms with van der Waals surface area (Å²) in [5.41, 5.74) is -1.59. The van der Waals surface area contributed by atoms with E-state index in [9.17, 15) is 39.6 Å². The van der Waals surface area contributed by atoms with Gasteiger partial charge in [-0.2, -0.15) is 0 Å². The van der Waals surface area contributed by atoms with Crippen molar-refractivity contribution in [1.82, 2.24) is 4.90 Å². The number of hydrogen-bond acceptors (Lipinski definition) is 9. The average molecular weight is 505 g/mol. The number of carbonyl (C=O) groups is 4. The maximum Gasteiger partial charge on any atom is 0.255 e. The van der Waals surface area contributed by atoms with Gasteiger partial charge in [0.1, 0.15) is 22.8 Å². The van der Waals surface area contributed by atoms with Gasteiger partial charge in [0.25, 0.3) is 11.1 Å². The first-order chi connectivity index (χ1) is 16.0. The lowest BCUT2D eigenvalue weighted by Gasteiger charge is -2.59. The number of phenols is 1. The molecule has 1 fully saturated rings. The van der Waals surface area contributed by atoms with Crippen molar-refractivity contribution in [2.24, 2.45) is 16.6 Å². The lowest BCUT2D eigenvalue weighted by atomic mass is 9.46. The first kappa shape index (κ1) is 24.9. The first-order valence-corrected chi connectivity index (χ1v) is 11.1. The number of benzene rings is 1. The van der Waals surface area contributed by atoms with Gasteiger partial charge in [0.05, 0.1) is 11.6 Å². The molecule has 11 heteroatoms. The van der Waals surface area contributed by atoms with Crippen molar-refractivity contribution in [2.45, 2.75) is 38.3 Å². The standard InChI is InChI=1S/C24H25ClN2O8/c1-22-7-10-9(20(25)33)5-6-11(28)12(10)15(29)14(22)19(32)24(35)18(31)13(21(26)34)16(30)17(27(3)4)23(24,2)8-22/h5-6,17,28-29,31,35H,7-8H2,1-4H3,(H2,26,34)/t17-,22+,23+,24-/m1/s1. The third-order valence-electron chi connectivity index (χ3n) is 7.73. The summed E-state index contributed by atoms with van der Waals surface area (Å²) in [5.74, 6) is -5.61. The molecule has 1 saturated carbocycles. The summed E-state index contributed by atoms with van der Waals surface area (Å²) in [6.45, 7) is 3.05. The van der Waals surface area contributed by atoms with Crippen molar-refractivity contribution in [3.05, 3.63) is 45.7 Å². The molecule has 0 bridgehead atoms. The Morgan fingerprint density at radius 2 is 1.74 bits per heavy atom. The van der Waals surface area contributed by atoms with Gasteiger partial charge in [-0.05, 0) is 56.2 Å². The molecule has 3 aliphatic rings. The van der Waals surface area contributed by atoms with E-state index in [0.29, 0.717) is 0 Å². The van der Waals surface area contributed by atoms with Crippen molar-refractivity contribution in [2.75, 3.05) is 14.1 Å². The van der Waals surface area contributed by atoms with E-state index in [1.54, 1.807) is 6.92 Å². The van der Waals surface area contributed by atoms with Crippen LogP contribution in [-0.4, -0.2) is 73.8 Å². The smallest absolute Gasteiger partial charge is 0.255 e. The summed E-state index contributed by atoms with van der Waals surface area (Å²) in [5, 5.41) is 43.7. The molecule has 0 aromatic heterocycles. The highest BCUT2D eigenvalue weighted by atomic mass is 35.5. The first-order valence-electron chi connectivity index (χ1n) is 10.7. The second kappa shape index (κ2) is 7.39. The molecule has 0 spiro atoms. The van der Waals surface area contributed by atoms with Gasteiger partial charge in [-0.1, -0.05) is 13.8 Å². The second-order valence-electron chi connectivity index (χ2n) is 10.2. The molecule has 6 N–H and O–H groups in total. The van der Waals surface area contributed by atoms with E-state index in [0.717, 1.165) is 6.07 Å². The molecule has 0 saturated heterocycles. The molecule has 4 atom stereocenters. The van der Waals surface area contributed by atoms with Crippen molar-refractivity contribution < 1.29 is 39.6 Å². The Morgan fingerprint density at radius 3 is 2.26 bits per heavy atom. The summed E-state index contributed by atoms with van der Waals surface area (Å²) in [7, 11) is 3.03. The fourth-order valence-electron chi connectivity index (χ4n) is 6.51. The minimum atomic E-state index is -2.80. The van der Waals surface area contributed by atoms with Gasteiger partial charge in [-0.3, -0.25) is 24.1 Å². The number of aromatic hydroxyl groups is 1. The molecule has 0 aliphatic heterocycles. The molecule has 1 aromatic rings. The number of fused-ring (bicyclic) bond motifs is 3. The van der Waals surface area contributed by atoms with E-state index >= 15 is 0 Å². The molecular weight excluding hydrogens is 480 g/mol. The summed E-state index contributed by atoms with van der Waals surface area (Å²) in [4.78, 5) is 52.9. The topological polar surface area (TPSA) is 178 Å². The molecule has 10 nitrogen and oxygen atoms in total. The van der Waals surface area contributed by atoms with Gasteiger partial charge in [0.15, 0.2) is 11.4 Å². The van der Waals surface area contributed by atoms with Gasteiger partial charge >= 0.3 is 0 Å². The zero-order chi connectivity index (χ0) is 26.4. The van der Waals surface area contributed by atoms with E-state index in [1.165, 1.54) is 32.0 Å². The van der Waals surface area contributed by atoms with Crippen LogP contribution in [0.3, 0.4) is 0 Å². The van der Waals surface area contributed by atoms with Crippen LogP contribution in [0.15, 0.2) is 29.0 Å². The van der Waals surface area contributed by atoms with Crippen LogP contribution in [0.25, 0.3) is 5.76 Å². The van der Waals surface area contributed by atoms with Crippen LogP contribution in [0.2, 0.25) is 0 Å². The Morgan fingerprint density at radius 1 is 1.14 bits per heavy atom. The number of nitrogens with zero attached hydrogens (tertiary/aromatic N) is 1. The molecular formula is C24H25ClN2O8. The molecule has 4 rings (SSSR count). The number of Topliss-reactive ketones (excluding diaryl/α,β-unsaturated/α-hetero) is 2. The van der Waals surface area contributed by atoms with E-state index in [2.05, 4.69) is 0 Å². The molecule has 1 amide bonds. The molecule has 1 aromatic carbocycles. The number of aliphatic hydroxyl groups is 3. The highest BCUT2D eigenvalue weighted by Crippen LogP contribution is 2.63. The van der Waals surface area contributed by atoms with Crippen LogP contribution in [0.5, 0.6) is 5.75 Å². The number of halogens is 1. The SMILES string of the molecule is CN(C)[C@@H]1C(=O)C(C(N)=O)=C(O)[C@@]2(O)C(=O)C3=C(O)c4c(O)ccc(C(=O)Cl)c4C[C@@]3(C)C[C@@]12C. The lowest BCUT2D eigenvalue weighted by Crippen LogP contribution is -2.72. The maximum absolute atomic E-state index is 14.0. The summed E-state index contributed by atoms with van der Waals surface area (Å²) in [6, 6.07) is 1.19. The average Bonchev–Trinajstić information content (AvgIpc) is 2.69. The van der Waals surface area contributed by atoms with Crippen LogP contribution < -0.4 is 5.73 Å². The predicted molar refractivity (Wildman–Crippen MR) is 124 cm³/mol. The number of carbonyl (C=O) groups excluding carboxylic acids is 4. The van der Waals surface area contributed by atoms with E-state index in [1.807, 2.05) is 0 Å². The summed E-state index contributed by atoms with van der Waals surface area (Å²) >= 11 is 5.74. The minimum absolute atomic E-state index is 0.0207. The van der Waals surface area contributed by atoms with Gasteiger partial charge in [0, 0.05) is 22.0 Å². The Labute approximate surface area is 205 Å². The Hall–Kier alpha value is -3.21. The van der Waals surface area contributed by atoms with Crippen molar-refractivity contribution in [1.29, 1.82) is 0 Å². The van der Waals surface area contributed by atoms with Crippen LogP contribution in [-0.2, 0) is 20.8 Å². The third-order valence-corrected chi connectivity index (χ3v) is 7.93. The van der Waals surface area contributed by atoms with Crippen molar-refractivity contribution in [3.8, 4) is 5.75 Å². The van der Waals surface area contributed by atoms with Crippen LogP contribution >= 0.6 is 11.6 Å². The van der Waals surface area contributed by atoms with Gasteiger partial charge in [-0.25, -0.2) is 0 Å². The lowest BCUT2D eigenvalue weighted by molar-refractivity contribution is -0.175. The van der Waals surface area contributed by atoms with Crippen LogP contribution in [0.4, 0.5) is 0 Å². The molecule has 186 valence electrons. The number of amides is 1. The van der Waals surface area contributed by atoms with E-state index in [4.69, 9.17) is 17.3 Å². The van der Waals surface area contributed by atoms with Crippen LogP contribution in [0, 0.1) is 10.8 Å². The van der Waals surface area contributed by atoms with Gasteiger partial charge < -0.3 is 26.2 Å².